The number of hydrogen-bond acceptors (Lipinski definition) is 8. The highest BCUT2D eigenvalue weighted by atomic mass is 16.6. The number of nitrogens with zero attached hydrogens (tertiary/aromatic N) is 5. The summed E-state index contributed by atoms with van der Waals surface area (Å²) in [6, 6.07) is 19.3. The zero-order valence-corrected chi connectivity index (χ0v) is 21.0. The quantitative estimate of drug-likeness (QED) is 0.374. The summed E-state index contributed by atoms with van der Waals surface area (Å²) in [6.07, 6.45) is 5.20. The van der Waals surface area contributed by atoms with Crippen LogP contribution in [0.1, 0.15) is 11.1 Å². The highest BCUT2D eigenvalue weighted by Gasteiger charge is 2.24. The number of hydrogen-bond donors (Lipinski definition) is 0. The summed E-state index contributed by atoms with van der Waals surface area (Å²) in [7, 11) is 0. The summed E-state index contributed by atoms with van der Waals surface area (Å²) in [5.74, 6) is 1.92. The van der Waals surface area contributed by atoms with Crippen LogP contribution in [0.2, 0.25) is 0 Å². The molecular formula is C29H29N5O4. The van der Waals surface area contributed by atoms with Crippen LogP contribution in [0.15, 0.2) is 84.0 Å². The van der Waals surface area contributed by atoms with E-state index in [0.717, 1.165) is 49.8 Å². The van der Waals surface area contributed by atoms with E-state index in [4.69, 9.17) is 14.2 Å². The van der Waals surface area contributed by atoms with E-state index in [1.807, 2.05) is 48.5 Å². The first-order valence-electron chi connectivity index (χ1n) is 12.8. The molecule has 0 aliphatic carbocycles. The van der Waals surface area contributed by atoms with Crippen LogP contribution in [0, 0.1) is 0 Å². The van der Waals surface area contributed by atoms with Crippen LogP contribution >= 0.6 is 0 Å². The van der Waals surface area contributed by atoms with Gasteiger partial charge in [-0.25, -0.2) is 0 Å². The number of anilines is 1. The van der Waals surface area contributed by atoms with Gasteiger partial charge in [-0.1, -0.05) is 30.3 Å². The molecule has 0 unspecified atom stereocenters. The minimum Gasteiger partial charge on any atom is -0.486 e. The van der Waals surface area contributed by atoms with Gasteiger partial charge in [-0.15, -0.1) is 0 Å². The van der Waals surface area contributed by atoms with E-state index in [2.05, 4.69) is 32.0 Å². The van der Waals surface area contributed by atoms with Gasteiger partial charge in [0.1, 0.15) is 25.5 Å². The van der Waals surface area contributed by atoms with Gasteiger partial charge in [0.05, 0.1) is 11.9 Å². The highest BCUT2D eigenvalue weighted by molar-refractivity contribution is 5.57. The number of fused-ring (bicyclic) bond motifs is 1. The van der Waals surface area contributed by atoms with Gasteiger partial charge < -0.3 is 19.1 Å². The maximum absolute atomic E-state index is 13.6. The third-order valence-corrected chi connectivity index (χ3v) is 6.75. The lowest BCUT2D eigenvalue weighted by molar-refractivity contribution is 0.171. The van der Waals surface area contributed by atoms with Crippen molar-refractivity contribution in [3.05, 3.63) is 101 Å². The van der Waals surface area contributed by atoms with E-state index in [1.54, 1.807) is 18.6 Å². The van der Waals surface area contributed by atoms with E-state index in [0.29, 0.717) is 30.3 Å². The summed E-state index contributed by atoms with van der Waals surface area (Å²) in [4.78, 5) is 22.3. The largest absolute Gasteiger partial charge is 0.486 e. The van der Waals surface area contributed by atoms with Crippen molar-refractivity contribution >= 4 is 5.69 Å². The third kappa shape index (κ3) is 5.19. The van der Waals surface area contributed by atoms with Crippen molar-refractivity contribution in [2.24, 2.45) is 0 Å². The number of rotatable bonds is 7. The molecule has 194 valence electrons. The van der Waals surface area contributed by atoms with Crippen LogP contribution in [0.5, 0.6) is 17.2 Å². The zero-order chi connectivity index (χ0) is 25.7. The monoisotopic (exact) mass is 511 g/mol. The molecule has 4 heterocycles. The molecule has 2 aliphatic heterocycles. The first-order chi connectivity index (χ1) is 18.7. The normalized spacial score (nSPS) is 15.3. The van der Waals surface area contributed by atoms with E-state index < -0.39 is 0 Å². The molecule has 9 heteroatoms. The van der Waals surface area contributed by atoms with Crippen molar-refractivity contribution in [1.82, 2.24) is 19.7 Å². The van der Waals surface area contributed by atoms with E-state index in [9.17, 15) is 4.79 Å². The lowest BCUT2D eigenvalue weighted by Gasteiger charge is -2.36. The Kier molecular flexibility index (Phi) is 6.91. The Hall–Kier alpha value is -4.37. The summed E-state index contributed by atoms with van der Waals surface area (Å²) >= 11 is 0. The van der Waals surface area contributed by atoms with Gasteiger partial charge in [0.15, 0.2) is 11.5 Å². The predicted octanol–water partition coefficient (Wildman–Crippen LogP) is 3.30. The van der Waals surface area contributed by atoms with Crippen LogP contribution < -0.4 is 24.7 Å². The van der Waals surface area contributed by atoms with Crippen molar-refractivity contribution in [2.45, 2.75) is 13.2 Å². The molecule has 1 saturated heterocycles. The molecule has 6 rings (SSSR count). The fraction of sp³-hybridized carbons (Fsp3) is 0.276. The fourth-order valence-electron chi connectivity index (χ4n) is 4.77. The number of para-hydroxylation sites is 1. The van der Waals surface area contributed by atoms with Crippen LogP contribution in [-0.2, 0) is 13.2 Å². The molecule has 0 bridgehead atoms. The molecule has 0 atom stereocenters. The Bertz CT molecular complexity index is 1440. The predicted molar refractivity (Wildman–Crippen MR) is 143 cm³/mol. The Morgan fingerprint density at radius 2 is 1.66 bits per heavy atom. The first kappa shape index (κ1) is 24.0. The second-order valence-corrected chi connectivity index (χ2v) is 9.30. The van der Waals surface area contributed by atoms with E-state index in [-0.39, 0.29) is 12.2 Å². The third-order valence-electron chi connectivity index (χ3n) is 6.75. The molecule has 0 N–H and O–H groups in total. The Labute approximate surface area is 220 Å². The van der Waals surface area contributed by atoms with Gasteiger partial charge in [-0.3, -0.25) is 14.7 Å². The van der Waals surface area contributed by atoms with Crippen molar-refractivity contribution in [3.8, 4) is 22.9 Å². The van der Waals surface area contributed by atoms with Gasteiger partial charge in [0.25, 0.3) is 0 Å². The molecule has 0 saturated carbocycles. The number of piperazine rings is 1. The molecule has 9 nitrogen and oxygen atoms in total. The maximum Gasteiger partial charge on any atom is 0.316 e. The minimum absolute atomic E-state index is 0.249. The molecule has 0 radical (unpaired) electrons. The average Bonchev–Trinajstić information content (AvgIpc) is 2.98. The smallest absolute Gasteiger partial charge is 0.316 e. The molecule has 2 aliphatic rings. The van der Waals surface area contributed by atoms with Crippen molar-refractivity contribution in [3.63, 3.8) is 0 Å². The summed E-state index contributed by atoms with van der Waals surface area (Å²) in [5.41, 5.74) is 3.21. The summed E-state index contributed by atoms with van der Waals surface area (Å²) < 4.78 is 18.9. The van der Waals surface area contributed by atoms with Crippen molar-refractivity contribution in [2.75, 3.05) is 44.3 Å². The van der Waals surface area contributed by atoms with E-state index in [1.165, 1.54) is 10.2 Å². The standard InChI is InChI=1S/C29H29N5O4/c35-29-28(38-21-23-5-4-10-30-18-23)25(19-31-34(29)24-6-2-1-3-7-24)33-13-11-32(12-14-33)20-22-8-9-26-27(17-22)37-16-15-36-26/h1-10,17-19H,11-16,20-21H2. The Balaban J connectivity index is 1.20. The second-order valence-electron chi connectivity index (χ2n) is 9.30. The van der Waals surface area contributed by atoms with Crippen molar-refractivity contribution < 1.29 is 14.2 Å². The molecule has 2 aromatic heterocycles. The van der Waals surface area contributed by atoms with Crippen LogP contribution in [0.4, 0.5) is 5.69 Å². The number of pyridine rings is 1. The SMILES string of the molecule is O=c1c(OCc2cccnc2)c(N2CCN(Cc3ccc4c(c3)OCCO4)CC2)cnn1-c1ccccc1. The van der Waals surface area contributed by atoms with Crippen LogP contribution in [0.25, 0.3) is 5.69 Å². The second kappa shape index (κ2) is 10.9. The molecule has 4 aromatic rings. The zero-order valence-electron chi connectivity index (χ0n) is 21.0. The lowest BCUT2D eigenvalue weighted by Crippen LogP contribution is -2.46. The number of benzene rings is 2. The summed E-state index contributed by atoms with van der Waals surface area (Å²) in [6.45, 7) is 5.44. The lowest BCUT2D eigenvalue weighted by atomic mass is 10.1. The molecular weight excluding hydrogens is 482 g/mol. The van der Waals surface area contributed by atoms with Crippen LogP contribution in [-0.4, -0.2) is 59.1 Å². The molecule has 0 spiro atoms. The molecule has 2 aromatic carbocycles. The average molecular weight is 512 g/mol. The van der Waals surface area contributed by atoms with Crippen LogP contribution in [0.3, 0.4) is 0 Å². The van der Waals surface area contributed by atoms with Crippen molar-refractivity contribution in [1.29, 1.82) is 0 Å². The highest BCUT2D eigenvalue weighted by Crippen LogP contribution is 2.31. The summed E-state index contributed by atoms with van der Waals surface area (Å²) in [5, 5.41) is 4.50. The van der Waals surface area contributed by atoms with Gasteiger partial charge in [0.2, 0.25) is 5.75 Å². The number of ether oxygens (including phenoxy) is 3. The topological polar surface area (TPSA) is 82.0 Å². The fourth-order valence-corrected chi connectivity index (χ4v) is 4.77. The number of aromatic nitrogens is 3. The minimum atomic E-state index is -0.281. The van der Waals surface area contributed by atoms with Gasteiger partial charge in [-0.05, 0) is 35.9 Å². The van der Waals surface area contributed by atoms with Gasteiger partial charge in [0, 0.05) is 50.7 Å². The first-order valence-corrected chi connectivity index (χ1v) is 12.8. The van der Waals surface area contributed by atoms with E-state index >= 15 is 0 Å². The maximum atomic E-state index is 13.6. The molecule has 0 amide bonds. The molecule has 38 heavy (non-hydrogen) atoms. The van der Waals surface area contributed by atoms with Gasteiger partial charge >= 0.3 is 5.56 Å². The Morgan fingerprint density at radius 1 is 0.842 bits per heavy atom. The van der Waals surface area contributed by atoms with Gasteiger partial charge in [-0.2, -0.15) is 9.78 Å². The Morgan fingerprint density at radius 3 is 2.45 bits per heavy atom. The molecule has 1 fully saturated rings.